The number of benzene rings is 12. The van der Waals surface area contributed by atoms with Crippen LogP contribution >= 0.6 is 0 Å². The molecule has 12 aromatic carbocycles. The minimum absolute atomic E-state index is 0.0699. The Morgan fingerprint density at radius 2 is 0.396 bits per heavy atom. The summed E-state index contributed by atoms with van der Waals surface area (Å²) < 4.78 is 0. The second-order valence-electron chi connectivity index (χ2n) is 26.4. The zero-order chi connectivity index (χ0) is 73.7. The van der Waals surface area contributed by atoms with Crippen LogP contribution in [0.1, 0.15) is 111 Å². The van der Waals surface area contributed by atoms with Crippen molar-refractivity contribution in [1.82, 2.24) is 16.0 Å². The second-order valence-corrected chi connectivity index (χ2v) is 26.4. The smallest absolute Gasteiger partial charge is 0.241 e. The third kappa shape index (κ3) is 17.0. The molecule has 3 atom stereocenters. The van der Waals surface area contributed by atoms with Crippen molar-refractivity contribution in [2.75, 3.05) is 16.0 Å². The molecule has 0 spiro atoms. The molecule has 12 N–H and O–H groups in total. The summed E-state index contributed by atoms with van der Waals surface area (Å²) in [6.45, 7) is 0. The average molecular weight is 1400 g/mol. The maximum Gasteiger partial charge on any atom is 0.241 e. The van der Waals surface area contributed by atoms with Crippen LogP contribution in [0, 0.1) is 0 Å². The largest absolute Gasteiger partial charge is 0.370 e. The topological polar surface area (TPSA) is 253 Å². The van der Waals surface area contributed by atoms with Gasteiger partial charge in [0.2, 0.25) is 35.4 Å². The van der Waals surface area contributed by atoms with Gasteiger partial charge in [-0.15, -0.1) is 0 Å². The maximum absolute atomic E-state index is 15.1. The summed E-state index contributed by atoms with van der Waals surface area (Å²) in [6.07, 6.45) is 0.0500. The summed E-state index contributed by atoms with van der Waals surface area (Å²) in [5.74, 6) is -3.28. The first kappa shape index (κ1) is 73.1. The zero-order valence-corrected chi connectivity index (χ0v) is 58.6. The molecule has 6 amide bonds. The van der Waals surface area contributed by atoms with Gasteiger partial charge < -0.3 is 33.2 Å². The van der Waals surface area contributed by atoms with E-state index in [-0.39, 0.29) is 56.2 Å². The molecule has 0 radical (unpaired) electrons. The van der Waals surface area contributed by atoms with E-state index in [0.717, 1.165) is 66.8 Å². The van der Waals surface area contributed by atoms with Gasteiger partial charge >= 0.3 is 0 Å². The molecule has 15 heteroatoms. The Morgan fingerprint density at radius 1 is 0.236 bits per heavy atom. The highest BCUT2D eigenvalue weighted by atomic mass is 16.2. The van der Waals surface area contributed by atoms with Gasteiger partial charge in [-0.1, -0.05) is 309 Å². The molecule has 12 rings (SSSR count). The molecule has 0 saturated heterocycles. The van der Waals surface area contributed by atoms with Crippen molar-refractivity contribution in [2.45, 2.75) is 79.2 Å². The van der Waals surface area contributed by atoms with Crippen LogP contribution in [-0.4, -0.2) is 53.6 Å². The quantitative estimate of drug-likeness (QED) is 0.0177. The van der Waals surface area contributed by atoms with Crippen molar-refractivity contribution in [3.63, 3.8) is 0 Å². The van der Waals surface area contributed by atoms with Gasteiger partial charge in [0.05, 0.1) is 34.7 Å². The number of amides is 6. The number of nitrogens with two attached hydrogens (primary N) is 3. The highest BCUT2D eigenvalue weighted by Gasteiger charge is 2.43. The summed E-state index contributed by atoms with van der Waals surface area (Å²) in [4.78, 5) is 83.1. The third-order valence-electron chi connectivity index (χ3n) is 19.6. The molecule has 0 aromatic heterocycles. The van der Waals surface area contributed by atoms with Crippen LogP contribution in [0.2, 0.25) is 0 Å². The molecule has 0 heterocycles. The molecule has 0 aliphatic carbocycles. The van der Waals surface area contributed by atoms with Crippen molar-refractivity contribution < 1.29 is 28.8 Å². The number of hydrogen-bond donors (Lipinski definition) is 9. The molecule has 0 unspecified atom stereocenters. The van der Waals surface area contributed by atoms with Crippen molar-refractivity contribution in [3.8, 4) is 0 Å². The second kappa shape index (κ2) is 34.5. The van der Waals surface area contributed by atoms with Crippen molar-refractivity contribution in [3.05, 3.63) is 413 Å². The van der Waals surface area contributed by atoms with Gasteiger partial charge in [-0.3, -0.25) is 44.7 Å². The Labute approximate surface area is 618 Å². The Kier molecular flexibility index (Phi) is 23.8. The molecule has 0 bridgehead atoms. The lowest BCUT2D eigenvalue weighted by atomic mass is 9.76. The molecule has 106 heavy (non-hydrogen) atoms. The summed E-state index contributed by atoms with van der Waals surface area (Å²) >= 11 is 0. The molecular weight excluding hydrogens is 1320 g/mol. The van der Waals surface area contributed by atoms with Gasteiger partial charge in [-0.2, -0.15) is 0 Å². The lowest BCUT2D eigenvalue weighted by Gasteiger charge is -2.40. The van der Waals surface area contributed by atoms with E-state index in [1.807, 2.05) is 346 Å². The number of nitrogens with one attached hydrogen (secondary N) is 6. The number of carbonyl (C=O) groups is 6. The number of hydrogen-bond acceptors (Lipinski definition) is 9. The van der Waals surface area contributed by atoms with E-state index in [9.17, 15) is 14.4 Å². The highest BCUT2D eigenvalue weighted by Crippen LogP contribution is 2.42. The maximum atomic E-state index is 15.1. The van der Waals surface area contributed by atoms with Gasteiger partial charge in [0.1, 0.15) is 0 Å². The van der Waals surface area contributed by atoms with Crippen LogP contribution in [0.4, 0.5) is 17.1 Å². The highest BCUT2D eigenvalue weighted by molar-refractivity contribution is 5.97. The van der Waals surface area contributed by atoms with Gasteiger partial charge in [-0.25, -0.2) is 0 Å². The molecule has 0 saturated carbocycles. The Balaban J connectivity index is 0.880. The predicted octanol–water partition coefficient (Wildman–Crippen LogP) is 14.3. The summed E-state index contributed by atoms with van der Waals surface area (Å²) in [5.41, 5.74) is 26.3. The molecule has 15 nitrogen and oxygen atoms in total. The van der Waals surface area contributed by atoms with Gasteiger partial charge in [-0.05, 0) is 122 Å². The van der Waals surface area contributed by atoms with E-state index in [4.69, 9.17) is 17.2 Å². The fourth-order valence-electron chi connectivity index (χ4n) is 14.4. The van der Waals surface area contributed by atoms with Gasteiger partial charge in [0.25, 0.3) is 0 Å². The molecule has 0 aliphatic heterocycles. The summed E-state index contributed by atoms with van der Waals surface area (Å²) in [5, 5.41) is 20.9. The van der Waals surface area contributed by atoms with Crippen molar-refractivity contribution in [2.24, 2.45) is 17.2 Å². The number of rotatable bonds is 33. The van der Waals surface area contributed by atoms with E-state index in [1.54, 1.807) is 0 Å². The molecule has 530 valence electrons. The van der Waals surface area contributed by atoms with Crippen LogP contribution in [0.15, 0.2) is 346 Å². The van der Waals surface area contributed by atoms with E-state index < -0.39 is 58.4 Å². The molecule has 0 aliphatic rings. The first-order chi connectivity index (χ1) is 51.7. The third-order valence-corrected chi connectivity index (χ3v) is 19.6. The van der Waals surface area contributed by atoms with Gasteiger partial charge in [0.15, 0.2) is 0 Å². The van der Waals surface area contributed by atoms with Crippen molar-refractivity contribution in [1.29, 1.82) is 0 Å². The van der Waals surface area contributed by atoms with Crippen LogP contribution in [-0.2, 0) is 45.4 Å². The first-order valence-electron chi connectivity index (χ1n) is 35.6. The average Bonchev–Trinajstić information content (AvgIpc) is 0.765. The normalized spacial score (nSPS) is 12.4. The first-order valence-corrected chi connectivity index (χ1v) is 35.6. The summed E-state index contributed by atoms with van der Waals surface area (Å²) in [6, 6.07) is 109. The summed E-state index contributed by atoms with van der Waals surface area (Å²) in [7, 11) is 0. The zero-order valence-electron chi connectivity index (χ0n) is 58.6. The lowest BCUT2D eigenvalue weighted by Crippen LogP contribution is -2.54. The van der Waals surface area contributed by atoms with E-state index >= 15 is 14.4 Å². The van der Waals surface area contributed by atoms with Crippen LogP contribution in [0.5, 0.6) is 0 Å². The number of carbonyl (C=O) groups excluding carboxylic acids is 6. The fourth-order valence-corrected chi connectivity index (χ4v) is 14.4. The number of anilines is 3. The Morgan fingerprint density at radius 3 is 0.547 bits per heavy atom. The van der Waals surface area contributed by atoms with Crippen LogP contribution < -0.4 is 49.1 Å². The predicted molar refractivity (Wildman–Crippen MR) is 420 cm³/mol. The molecular formula is C91H85N9O6. The molecule has 0 fully saturated rings. The van der Waals surface area contributed by atoms with Crippen LogP contribution in [0.25, 0.3) is 0 Å². The minimum atomic E-state index is -1.05. The van der Waals surface area contributed by atoms with E-state index in [2.05, 4.69) is 31.9 Å². The molecule has 12 aromatic rings. The van der Waals surface area contributed by atoms with Crippen molar-refractivity contribution >= 4 is 52.5 Å². The minimum Gasteiger partial charge on any atom is -0.370 e. The van der Waals surface area contributed by atoms with Gasteiger partial charge in [0, 0.05) is 42.2 Å². The van der Waals surface area contributed by atoms with Crippen LogP contribution in [0.3, 0.4) is 0 Å². The van der Waals surface area contributed by atoms with E-state index in [0.29, 0.717) is 17.1 Å². The fraction of sp³-hybridized carbons (Fsp3) is 0.143. The monoisotopic (exact) mass is 1400 g/mol. The number of primary amides is 3. The SMILES string of the molecule is NC(=O)CC[C@H](NC(c1ccccc1)(c1ccccc1)c1ccccc1)C(=O)Nc1ccc(C(c2ccc(NC(=O)[C@H](CCC(N)=O)NC(c3ccccc3)(c3ccccc3)c3ccccc3)cc2)c2ccc(NC(=O)[C@H](CCC(N)=O)NC(c3ccccc3)(c3ccccc3)c3ccccc3)cc2)cc1. The Bertz CT molecular complexity index is 4070. The van der Waals surface area contributed by atoms with E-state index in [1.165, 1.54) is 0 Å². The lowest BCUT2D eigenvalue weighted by molar-refractivity contribution is -0.121. The standard InChI is InChI=1S/C91H85N9O6/c92-82(101)61-58-79(98-89(67-28-10-1-11-29-67,68-30-12-2-13-31-68)69-32-14-3-15-33-69)86(104)95-76-52-46-64(47-53-76)85(65-48-54-77(55-49-65)96-87(105)80(59-62-83(93)102)99-90(70-34-16-4-17-35-70,71-36-18-5-19-37-71)72-38-20-6-21-39-72)66-50-56-78(57-51-66)97-88(106)81(60-63-84(94)103)100-91(73-40-22-7-23-41-73,74-42-24-8-25-43-74)75-44-26-9-27-45-75/h1-57,79-81,85,98-100H,58-63H2,(H2,92,101)(H2,93,102)(H2,94,103)(H,95,104)(H,96,105)(H,97,106)/t79-,80-,81-/m0/s1. The Hall–Kier alpha value is -12.7.